The van der Waals surface area contributed by atoms with Gasteiger partial charge < -0.3 is 5.73 Å². The van der Waals surface area contributed by atoms with E-state index in [1.807, 2.05) is 30.3 Å². The van der Waals surface area contributed by atoms with Crippen LogP contribution in [0.15, 0.2) is 54.6 Å². The Morgan fingerprint density at radius 1 is 1.14 bits per heavy atom. The maximum atomic E-state index is 13.0. The highest BCUT2D eigenvalue weighted by molar-refractivity contribution is 7.80. The summed E-state index contributed by atoms with van der Waals surface area (Å²) in [4.78, 5) is 12.0. The van der Waals surface area contributed by atoms with Gasteiger partial charge in [0.1, 0.15) is 5.82 Å². The third-order valence-electron chi connectivity index (χ3n) is 3.03. The van der Waals surface area contributed by atoms with E-state index in [9.17, 15) is 9.18 Å². The molecule has 0 aliphatic heterocycles. The molecule has 1 amide bonds. The van der Waals surface area contributed by atoms with E-state index in [4.69, 9.17) is 18.0 Å². The molecule has 22 heavy (non-hydrogen) atoms. The molecular weight excluding hydrogens is 301 g/mol. The van der Waals surface area contributed by atoms with Crippen LogP contribution in [0, 0.1) is 5.82 Å². The van der Waals surface area contributed by atoms with E-state index < -0.39 is 0 Å². The Morgan fingerprint density at radius 2 is 1.77 bits per heavy atom. The van der Waals surface area contributed by atoms with Crippen molar-refractivity contribution in [3.8, 4) is 0 Å². The molecule has 0 fully saturated rings. The molecule has 0 radical (unpaired) electrons. The Bertz CT molecular complexity index is 646. The van der Waals surface area contributed by atoms with Gasteiger partial charge in [0.05, 0.1) is 5.69 Å². The zero-order valence-electron chi connectivity index (χ0n) is 11.8. The minimum absolute atomic E-state index is 0.0142. The SMILES string of the molecule is NC(=S)N(NC(=O)CCc1ccccc1)c1ccc(F)cc1. The van der Waals surface area contributed by atoms with Gasteiger partial charge >= 0.3 is 0 Å². The first-order chi connectivity index (χ1) is 10.6. The van der Waals surface area contributed by atoms with E-state index in [0.717, 1.165) is 5.56 Å². The van der Waals surface area contributed by atoms with Gasteiger partial charge in [0, 0.05) is 6.42 Å². The van der Waals surface area contributed by atoms with Crippen LogP contribution in [0.3, 0.4) is 0 Å². The molecule has 2 aromatic rings. The first-order valence-electron chi connectivity index (χ1n) is 6.75. The van der Waals surface area contributed by atoms with Crippen molar-refractivity contribution in [1.29, 1.82) is 0 Å². The fourth-order valence-electron chi connectivity index (χ4n) is 1.92. The monoisotopic (exact) mass is 317 g/mol. The summed E-state index contributed by atoms with van der Waals surface area (Å²) in [7, 11) is 0. The Morgan fingerprint density at radius 3 is 2.36 bits per heavy atom. The number of nitrogens with two attached hydrogens (primary N) is 1. The Kier molecular flexibility index (Phi) is 5.43. The van der Waals surface area contributed by atoms with Crippen LogP contribution in [0.2, 0.25) is 0 Å². The summed E-state index contributed by atoms with van der Waals surface area (Å²) in [6.45, 7) is 0. The number of nitrogens with zero attached hydrogens (tertiary/aromatic N) is 1. The smallest absolute Gasteiger partial charge is 0.239 e. The van der Waals surface area contributed by atoms with Crippen LogP contribution in [0.4, 0.5) is 10.1 Å². The quantitative estimate of drug-likeness (QED) is 0.672. The number of benzene rings is 2. The van der Waals surface area contributed by atoms with Crippen molar-refractivity contribution in [1.82, 2.24) is 5.43 Å². The van der Waals surface area contributed by atoms with Crippen LogP contribution in [0.1, 0.15) is 12.0 Å². The largest absolute Gasteiger partial charge is 0.374 e. The summed E-state index contributed by atoms with van der Waals surface area (Å²) in [5, 5.41) is 1.25. The molecule has 0 aromatic heterocycles. The number of carbonyl (C=O) groups excluding carboxylic acids is 1. The number of thiocarbonyl (C=S) groups is 1. The molecule has 6 heteroatoms. The van der Waals surface area contributed by atoms with E-state index >= 15 is 0 Å². The molecule has 3 N–H and O–H groups in total. The maximum Gasteiger partial charge on any atom is 0.239 e. The third-order valence-corrected chi connectivity index (χ3v) is 3.21. The van der Waals surface area contributed by atoms with Gasteiger partial charge in [-0.3, -0.25) is 10.2 Å². The highest BCUT2D eigenvalue weighted by atomic mass is 32.1. The number of hydrazine groups is 1. The van der Waals surface area contributed by atoms with Gasteiger partial charge in [-0.25, -0.2) is 9.40 Å². The minimum atomic E-state index is -0.373. The molecule has 2 rings (SSSR count). The predicted octanol–water partition coefficient (Wildman–Crippen LogP) is 2.54. The first kappa shape index (κ1) is 15.9. The number of rotatable bonds is 4. The fraction of sp³-hybridized carbons (Fsp3) is 0.125. The number of hydrogen-bond donors (Lipinski definition) is 2. The van der Waals surface area contributed by atoms with E-state index in [2.05, 4.69) is 5.43 Å². The molecule has 0 unspecified atom stereocenters. The summed E-state index contributed by atoms with van der Waals surface area (Å²) in [6, 6.07) is 15.2. The summed E-state index contributed by atoms with van der Waals surface area (Å²) in [6.07, 6.45) is 0.908. The van der Waals surface area contributed by atoms with E-state index in [1.54, 1.807) is 0 Å². The number of halogens is 1. The molecule has 0 bridgehead atoms. The van der Waals surface area contributed by atoms with Gasteiger partial charge in [-0.15, -0.1) is 0 Å². The number of aryl methyl sites for hydroxylation is 1. The molecule has 4 nitrogen and oxygen atoms in total. The number of hydrogen-bond acceptors (Lipinski definition) is 2. The molecule has 0 atom stereocenters. The lowest BCUT2D eigenvalue weighted by atomic mass is 10.1. The lowest BCUT2D eigenvalue weighted by Crippen LogP contribution is -2.49. The molecular formula is C16H16FN3OS. The summed E-state index contributed by atoms with van der Waals surface area (Å²) >= 11 is 4.92. The van der Waals surface area contributed by atoms with E-state index in [0.29, 0.717) is 18.5 Å². The van der Waals surface area contributed by atoms with Gasteiger partial charge in [-0.2, -0.15) is 0 Å². The molecule has 0 saturated heterocycles. The second kappa shape index (κ2) is 7.51. The molecule has 0 heterocycles. The maximum absolute atomic E-state index is 13.0. The molecule has 114 valence electrons. The number of nitrogens with one attached hydrogen (secondary N) is 1. The second-order valence-corrected chi connectivity index (χ2v) is 5.09. The highest BCUT2D eigenvalue weighted by Gasteiger charge is 2.13. The van der Waals surface area contributed by atoms with Crippen LogP contribution >= 0.6 is 12.2 Å². The number of amides is 1. The van der Waals surface area contributed by atoms with Crippen LogP contribution in [-0.4, -0.2) is 11.0 Å². The number of carbonyl (C=O) groups is 1. The van der Waals surface area contributed by atoms with Crippen molar-refractivity contribution in [2.75, 3.05) is 5.01 Å². The van der Waals surface area contributed by atoms with Gasteiger partial charge in [-0.1, -0.05) is 30.3 Å². The topological polar surface area (TPSA) is 58.4 Å². The second-order valence-electron chi connectivity index (χ2n) is 4.67. The zero-order valence-corrected chi connectivity index (χ0v) is 12.6. The standard InChI is InChI=1S/C16H16FN3OS/c17-13-7-9-14(10-8-13)20(16(18)22)19-15(21)11-6-12-4-2-1-3-5-12/h1-5,7-10H,6,11H2,(H2,18,22)(H,19,21). The Labute approximate surface area is 133 Å². The lowest BCUT2D eigenvalue weighted by molar-refractivity contribution is -0.121. The average molecular weight is 317 g/mol. The van der Waals surface area contributed by atoms with Crippen LogP contribution in [0.25, 0.3) is 0 Å². The molecule has 2 aromatic carbocycles. The summed E-state index contributed by atoms with van der Waals surface area (Å²) in [5.41, 5.74) is 9.81. The van der Waals surface area contributed by atoms with Crippen molar-refractivity contribution < 1.29 is 9.18 Å². The van der Waals surface area contributed by atoms with Gasteiger partial charge in [0.2, 0.25) is 5.91 Å². The normalized spacial score (nSPS) is 10.0. The van der Waals surface area contributed by atoms with Crippen molar-refractivity contribution in [3.63, 3.8) is 0 Å². The Balaban J connectivity index is 1.97. The van der Waals surface area contributed by atoms with Crippen molar-refractivity contribution in [3.05, 3.63) is 66.0 Å². The molecule has 0 aliphatic rings. The minimum Gasteiger partial charge on any atom is -0.374 e. The first-order valence-corrected chi connectivity index (χ1v) is 7.15. The zero-order chi connectivity index (χ0) is 15.9. The van der Waals surface area contributed by atoms with Crippen molar-refractivity contribution >= 4 is 28.9 Å². The average Bonchev–Trinajstić information content (AvgIpc) is 2.52. The van der Waals surface area contributed by atoms with Crippen molar-refractivity contribution in [2.45, 2.75) is 12.8 Å². The van der Waals surface area contributed by atoms with Crippen molar-refractivity contribution in [2.24, 2.45) is 5.73 Å². The summed E-state index contributed by atoms with van der Waals surface area (Å²) in [5.74, 6) is -0.594. The van der Waals surface area contributed by atoms with Gasteiger partial charge in [0.25, 0.3) is 0 Å². The van der Waals surface area contributed by atoms with Crippen LogP contribution in [-0.2, 0) is 11.2 Å². The molecule has 0 spiro atoms. The highest BCUT2D eigenvalue weighted by Crippen LogP contribution is 2.13. The van der Waals surface area contributed by atoms with Crippen LogP contribution < -0.4 is 16.2 Å². The fourth-order valence-corrected chi connectivity index (χ4v) is 2.07. The Hall–Kier alpha value is -2.47. The van der Waals surface area contributed by atoms with Gasteiger partial charge in [0.15, 0.2) is 5.11 Å². The predicted molar refractivity (Wildman–Crippen MR) is 88.6 cm³/mol. The number of anilines is 1. The molecule has 0 aliphatic carbocycles. The van der Waals surface area contributed by atoms with E-state index in [1.165, 1.54) is 29.3 Å². The summed E-state index contributed by atoms with van der Waals surface area (Å²) < 4.78 is 13.0. The lowest BCUT2D eigenvalue weighted by Gasteiger charge is -2.23. The van der Waals surface area contributed by atoms with Crippen LogP contribution in [0.5, 0.6) is 0 Å². The van der Waals surface area contributed by atoms with Gasteiger partial charge in [-0.05, 0) is 48.5 Å². The molecule has 0 saturated carbocycles. The van der Waals surface area contributed by atoms with E-state index in [-0.39, 0.29) is 16.8 Å². The third kappa shape index (κ3) is 4.53.